The molecule has 1 fully saturated rings. The van der Waals surface area contributed by atoms with Crippen LogP contribution in [0.2, 0.25) is 0 Å². The Balaban J connectivity index is 2.16. The maximum absolute atomic E-state index is 11.2. The van der Waals surface area contributed by atoms with Crippen molar-refractivity contribution in [3.05, 3.63) is 0 Å². The van der Waals surface area contributed by atoms with Gasteiger partial charge in [0.05, 0.1) is 24.4 Å². The van der Waals surface area contributed by atoms with Crippen molar-refractivity contribution in [1.29, 1.82) is 5.41 Å². The molecule has 80 valence electrons. The quantitative estimate of drug-likeness (QED) is 0.426. The van der Waals surface area contributed by atoms with Crippen molar-refractivity contribution in [1.82, 2.24) is 10.2 Å². The molecule has 1 saturated heterocycles. The molecule has 0 spiro atoms. The molecule has 1 aliphatic rings. The van der Waals surface area contributed by atoms with Gasteiger partial charge in [0.1, 0.15) is 0 Å². The lowest BCUT2D eigenvalue weighted by Crippen LogP contribution is -2.60. The molecule has 1 amide bonds. The van der Waals surface area contributed by atoms with E-state index < -0.39 is 6.10 Å². The van der Waals surface area contributed by atoms with Gasteiger partial charge in [-0.3, -0.25) is 10.2 Å². The zero-order chi connectivity index (χ0) is 10.7. The van der Waals surface area contributed by atoms with Crippen molar-refractivity contribution in [2.75, 3.05) is 13.1 Å². The molecule has 0 saturated carbocycles. The van der Waals surface area contributed by atoms with Crippen LogP contribution in [0.1, 0.15) is 20.3 Å². The number of likely N-dealkylation sites (tertiary alicyclic amines) is 1. The molecule has 14 heavy (non-hydrogen) atoms. The summed E-state index contributed by atoms with van der Waals surface area (Å²) in [6.07, 6.45) is -0.435. The third-order valence-corrected chi connectivity index (χ3v) is 2.20. The average Bonchev–Trinajstić information content (AvgIpc) is 1.93. The van der Waals surface area contributed by atoms with E-state index in [2.05, 4.69) is 5.32 Å². The van der Waals surface area contributed by atoms with Crippen molar-refractivity contribution < 1.29 is 9.90 Å². The van der Waals surface area contributed by atoms with Gasteiger partial charge >= 0.3 is 0 Å². The number of amides is 1. The van der Waals surface area contributed by atoms with E-state index in [0.717, 1.165) is 0 Å². The predicted octanol–water partition coefficient (Wildman–Crippen LogP) is -0.445. The van der Waals surface area contributed by atoms with Crippen LogP contribution < -0.4 is 5.32 Å². The molecule has 1 atom stereocenters. The molecule has 3 N–H and O–H groups in total. The van der Waals surface area contributed by atoms with Crippen LogP contribution in [0.3, 0.4) is 0 Å². The smallest absolute Gasteiger partial charge is 0.222 e. The molecule has 1 aliphatic heterocycles. The molecule has 0 aromatic rings. The molecular formula is C9H17N3O2. The van der Waals surface area contributed by atoms with E-state index in [9.17, 15) is 4.79 Å². The third kappa shape index (κ3) is 2.99. The van der Waals surface area contributed by atoms with Gasteiger partial charge in [0.25, 0.3) is 0 Å². The van der Waals surface area contributed by atoms with Crippen molar-refractivity contribution in [2.45, 2.75) is 32.4 Å². The van der Waals surface area contributed by atoms with E-state index in [-0.39, 0.29) is 18.4 Å². The highest BCUT2D eigenvalue weighted by Gasteiger charge is 2.28. The number of hydrogen-bond acceptors (Lipinski definition) is 3. The van der Waals surface area contributed by atoms with E-state index in [1.165, 1.54) is 0 Å². The van der Waals surface area contributed by atoms with Gasteiger partial charge in [0.15, 0.2) is 0 Å². The summed E-state index contributed by atoms with van der Waals surface area (Å²) in [4.78, 5) is 13.1. The molecule has 0 aromatic heterocycles. The monoisotopic (exact) mass is 199 g/mol. The average molecular weight is 199 g/mol. The SMILES string of the molecule is CC(=N)N1CC(NC(=O)CC(C)O)C1. The third-order valence-electron chi connectivity index (χ3n) is 2.20. The number of carbonyl (C=O) groups is 1. The molecule has 1 rings (SSSR count). The molecule has 0 aliphatic carbocycles. The number of carbonyl (C=O) groups excluding carboxylic acids is 1. The van der Waals surface area contributed by atoms with Crippen LogP contribution in [0, 0.1) is 5.41 Å². The van der Waals surface area contributed by atoms with E-state index in [1.54, 1.807) is 13.8 Å². The van der Waals surface area contributed by atoms with Crippen LogP contribution in [-0.2, 0) is 4.79 Å². The Hall–Kier alpha value is -1.10. The van der Waals surface area contributed by atoms with E-state index >= 15 is 0 Å². The van der Waals surface area contributed by atoms with Crippen LogP contribution >= 0.6 is 0 Å². The molecule has 0 bridgehead atoms. The summed E-state index contributed by atoms with van der Waals surface area (Å²) in [6, 6.07) is 0.140. The van der Waals surface area contributed by atoms with Gasteiger partial charge < -0.3 is 15.3 Å². The summed E-state index contributed by atoms with van der Waals surface area (Å²) in [7, 11) is 0. The van der Waals surface area contributed by atoms with Crippen molar-refractivity contribution in [3.63, 3.8) is 0 Å². The van der Waals surface area contributed by atoms with Gasteiger partial charge in [0.2, 0.25) is 5.91 Å². The van der Waals surface area contributed by atoms with Gasteiger partial charge in [0, 0.05) is 13.1 Å². The first-order valence-corrected chi connectivity index (χ1v) is 4.76. The maximum Gasteiger partial charge on any atom is 0.222 e. The highest BCUT2D eigenvalue weighted by atomic mass is 16.3. The molecule has 0 radical (unpaired) electrons. The fourth-order valence-corrected chi connectivity index (χ4v) is 1.40. The van der Waals surface area contributed by atoms with Gasteiger partial charge in [-0.1, -0.05) is 0 Å². The highest BCUT2D eigenvalue weighted by Crippen LogP contribution is 2.07. The fraction of sp³-hybridized carbons (Fsp3) is 0.778. The van der Waals surface area contributed by atoms with E-state index in [1.807, 2.05) is 4.90 Å². The van der Waals surface area contributed by atoms with Crippen LogP contribution in [0.4, 0.5) is 0 Å². The first kappa shape index (κ1) is 11.0. The van der Waals surface area contributed by atoms with E-state index in [0.29, 0.717) is 18.9 Å². The molecular weight excluding hydrogens is 182 g/mol. The zero-order valence-corrected chi connectivity index (χ0v) is 8.58. The van der Waals surface area contributed by atoms with Crippen LogP contribution in [0.15, 0.2) is 0 Å². The minimum Gasteiger partial charge on any atom is -0.393 e. The van der Waals surface area contributed by atoms with E-state index in [4.69, 9.17) is 10.5 Å². The Bertz CT molecular complexity index is 234. The Labute approximate surface area is 83.6 Å². The predicted molar refractivity (Wildman–Crippen MR) is 53.2 cm³/mol. The molecule has 5 heteroatoms. The van der Waals surface area contributed by atoms with Gasteiger partial charge in [-0.15, -0.1) is 0 Å². The summed E-state index contributed by atoms with van der Waals surface area (Å²) in [5.74, 6) is 0.415. The lowest BCUT2D eigenvalue weighted by Gasteiger charge is -2.40. The second-order valence-corrected chi connectivity index (χ2v) is 3.81. The first-order chi connectivity index (χ1) is 6.49. The van der Waals surface area contributed by atoms with Crippen molar-refractivity contribution >= 4 is 11.7 Å². The largest absolute Gasteiger partial charge is 0.393 e. The number of amidine groups is 1. The Morgan fingerprint density at radius 3 is 2.71 bits per heavy atom. The van der Waals surface area contributed by atoms with Crippen LogP contribution in [0.5, 0.6) is 0 Å². The maximum atomic E-state index is 11.2. The summed E-state index contributed by atoms with van der Waals surface area (Å²) in [5.41, 5.74) is 0. The minimum absolute atomic E-state index is 0.118. The second kappa shape index (κ2) is 4.41. The van der Waals surface area contributed by atoms with Crippen LogP contribution in [0.25, 0.3) is 0 Å². The number of nitrogens with one attached hydrogen (secondary N) is 2. The topological polar surface area (TPSA) is 76.4 Å². The normalized spacial score (nSPS) is 18.6. The lowest BCUT2D eigenvalue weighted by molar-refractivity contribution is -0.124. The van der Waals surface area contributed by atoms with Gasteiger partial charge in [-0.25, -0.2) is 0 Å². The van der Waals surface area contributed by atoms with Gasteiger partial charge in [-0.2, -0.15) is 0 Å². The first-order valence-electron chi connectivity index (χ1n) is 4.76. The minimum atomic E-state index is -0.587. The second-order valence-electron chi connectivity index (χ2n) is 3.81. The Morgan fingerprint density at radius 1 is 1.71 bits per heavy atom. The summed E-state index contributed by atoms with van der Waals surface area (Å²) >= 11 is 0. The van der Waals surface area contributed by atoms with Gasteiger partial charge in [-0.05, 0) is 13.8 Å². The van der Waals surface area contributed by atoms with Crippen molar-refractivity contribution in [2.24, 2.45) is 0 Å². The standard InChI is InChI=1S/C9H17N3O2/c1-6(13)3-9(14)11-8-4-12(5-8)7(2)10/h6,8,10,13H,3-5H2,1-2H3,(H,11,14). The number of aliphatic hydroxyl groups is 1. The van der Waals surface area contributed by atoms with Crippen molar-refractivity contribution in [3.8, 4) is 0 Å². The lowest BCUT2D eigenvalue weighted by atomic mass is 10.1. The summed E-state index contributed by atoms with van der Waals surface area (Å²) in [5, 5.41) is 19.1. The Kier molecular flexibility index (Phi) is 3.46. The molecule has 1 heterocycles. The fourth-order valence-electron chi connectivity index (χ4n) is 1.40. The number of nitrogens with zero attached hydrogens (tertiary/aromatic N) is 1. The van der Waals surface area contributed by atoms with Crippen LogP contribution in [-0.4, -0.2) is 47.0 Å². The summed E-state index contributed by atoms with van der Waals surface area (Å²) in [6.45, 7) is 4.74. The Morgan fingerprint density at radius 2 is 2.29 bits per heavy atom. The molecule has 5 nitrogen and oxygen atoms in total. The number of rotatable bonds is 3. The number of hydrogen-bond donors (Lipinski definition) is 3. The summed E-state index contributed by atoms with van der Waals surface area (Å²) < 4.78 is 0. The molecule has 0 aromatic carbocycles. The molecule has 1 unspecified atom stereocenters. The number of aliphatic hydroxyl groups excluding tert-OH is 1. The highest BCUT2D eigenvalue weighted by molar-refractivity contribution is 5.79. The zero-order valence-electron chi connectivity index (χ0n) is 8.58.